The number of carbonyl (C=O) groups is 1. The van der Waals surface area contributed by atoms with Gasteiger partial charge in [0.1, 0.15) is 5.75 Å². The van der Waals surface area contributed by atoms with Crippen molar-refractivity contribution < 1.29 is 26.7 Å². The molecule has 0 saturated carbocycles. The monoisotopic (exact) mass is 426 g/mol. The Morgan fingerprint density at radius 3 is 2.41 bits per heavy atom. The van der Waals surface area contributed by atoms with Crippen LogP contribution in [0, 0.1) is 0 Å². The van der Waals surface area contributed by atoms with Crippen LogP contribution in [0.3, 0.4) is 0 Å². The van der Waals surface area contributed by atoms with Crippen LogP contribution < -0.4 is 9.46 Å². The largest absolute Gasteiger partial charge is 0.494 e. The number of hydrogen-bond donors (Lipinski definition) is 1. The molecule has 0 aromatic heterocycles. The number of nitrogens with zero attached hydrogens (tertiary/aromatic N) is 1. The van der Waals surface area contributed by atoms with Crippen LogP contribution in [-0.2, 0) is 10.0 Å². The summed E-state index contributed by atoms with van der Waals surface area (Å²) in [7, 11) is -3.89. The van der Waals surface area contributed by atoms with Crippen molar-refractivity contribution in [2.75, 3.05) is 24.4 Å². The van der Waals surface area contributed by atoms with Gasteiger partial charge in [0.15, 0.2) is 0 Å². The molecule has 2 rings (SSSR count). The van der Waals surface area contributed by atoms with E-state index < -0.39 is 28.9 Å². The normalized spacial score (nSPS) is 11.3. The molecular weight excluding hydrogens is 402 g/mol. The fourth-order valence-corrected chi connectivity index (χ4v) is 3.76. The summed E-state index contributed by atoms with van der Waals surface area (Å²) >= 11 is 0. The predicted molar refractivity (Wildman–Crippen MR) is 107 cm³/mol. The van der Waals surface area contributed by atoms with E-state index in [1.54, 1.807) is 19.1 Å². The Kier molecular flexibility index (Phi) is 7.95. The van der Waals surface area contributed by atoms with E-state index in [-0.39, 0.29) is 22.7 Å². The van der Waals surface area contributed by atoms with Crippen LogP contribution in [0.25, 0.3) is 0 Å². The maximum Gasteiger partial charge on any atom is 0.261 e. The average Bonchev–Trinajstić information content (AvgIpc) is 2.67. The zero-order chi connectivity index (χ0) is 21.4. The van der Waals surface area contributed by atoms with Crippen LogP contribution in [0.4, 0.5) is 14.5 Å². The molecule has 9 heteroatoms. The molecule has 0 unspecified atom stereocenters. The van der Waals surface area contributed by atoms with Crippen molar-refractivity contribution in [1.29, 1.82) is 0 Å². The number of rotatable bonds is 10. The van der Waals surface area contributed by atoms with E-state index in [4.69, 9.17) is 4.74 Å². The molecule has 0 heterocycles. The van der Waals surface area contributed by atoms with E-state index in [2.05, 4.69) is 4.72 Å². The zero-order valence-electron chi connectivity index (χ0n) is 16.3. The minimum Gasteiger partial charge on any atom is -0.494 e. The van der Waals surface area contributed by atoms with Gasteiger partial charge in [-0.3, -0.25) is 9.52 Å². The number of anilines is 1. The molecular formula is C20H24F2N2O4S. The average molecular weight is 426 g/mol. The predicted octanol–water partition coefficient (Wildman–Crippen LogP) is 4.00. The number of sulfonamides is 1. The van der Waals surface area contributed by atoms with Crippen molar-refractivity contribution in [3.05, 3.63) is 54.1 Å². The van der Waals surface area contributed by atoms with Crippen molar-refractivity contribution >= 4 is 21.6 Å². The second-order valence-corrected chi connectivity index (χ2v) is 7.92. The van der Waals surface area contributed by atoms with Crippen molar-refractivity contribution in [2.24, 2.45) is 0 Å². The summed E-state index contributed by atoms with van der Waals surface area (Å²) < 4.78 is 58.4. The van der Waals surface area contributed by atoms with E-state index in [0.29, 0.717) is 18.8 Å². The van der Waals surface area contributed by atoms with Gasteiger partial charge in [0.05, 0.1) is 18.0 Å². The third kappa shape index (κ3) is 6.42. The molecule has 0 aliphatic rings. The smallest absolute Gasteiger partial charge is 0.261 e. The van der Waals surface area contributed by atoms with Gasteiger partial charge in [-0.15, -0.1) is 0 Å². The molecule has 2 aromatic rings. The minimum atomic E-state index is -3.89. The van der Waals surface area contributed by atoms with Gasteiger partial charge in [0, 0.05) is 17.8 Å². The van der Waals surface area contributed by atoms with Gasteiger partial charge in [0.25, 0.3) is 22.4 Å². The van der Waals surface area contributed by atoms with E-state index in [9.17, 15) is 22.0 Å². The lowest BCUT2D eigenvalue weighted by atomic mass is 10.1. The standard InChI is InChI=1S/C20H24F2N2O4S/c1-3-12-24(14-19(21)22)20(25)15-6-5-7-16(13-15)23-29(26,27)18-10-8-17(9-11-18)28-4-2/h5-11,13,19,23H,3-4,12,14H2,1-2H3. The van der Waals surface area contributed by atoms with Crippen LogP contribution in [-0.4, -0.2) is 45.3 Å². The van der Waals surface area contributed by atoms with Crippen molar-refractivity contribution in [3.8, 4) is 5.75 Å². The van der Waals surface area contributed by atoms with Crippen LogP contribution in [0.1, 0.15) is 30.6 Å². The molecule has 0 saturated heterocycles. The highest BCUT2D eigenvalue weighted by atomic mass is 32.2. The minimum absolute atomic E-state index is 0.0305. The van der Waals surface area contributed by atoms with Gasteiger partial charge in [-0.2, -0.15) is 0 Å². The Morgan fingerprint density at radius 2 is 1.83 bits per heavy atom. The molecule has 0 spiro atoms. The Bertz CT molecular complexity index is 918. The topological polar surface area (TPSA) is 75.7 Å². The third-order valence-electron chi connectivity index (χ3n) is 3.95. The summed E-state index contributed by atoms with van der Waals surface area (Å²) in [6.07, 6.45) is -2.12. The maximum atomic E-state index is 12.8. The molecule has 0 fully saturated rings. The number of nitrogens with one attached hydrogen (secondary N) is 1. The van der Waals surface area contributed by atoms with Crippen LogP contribution in [0.2, 0.25) is 0 Å². The lowest BCUT2D eigenvalue weighted by Gasteiger charge is -2.22. The summed E-state index contributed by atoms with van der Waals surface area (Å²) in [6, 6.07) is 11.7. The first-order chi connectivity index (χ1) is 13.8. The van der Waals surface area contributed by atoms with Gasteiger partial charge < -0.3 is 9.64 Å². The van der Waals surface area contributed by atoms with Crippen molar-refractivity contribution in [1.82, 2.24) is 4.90 Å². The molecule has 2 aromatic carbocycles. The molecule has 0 aliphatic heterocycles. The zero-order valence-corrected chi connectivity index (χ0v) is 17.1. The summed E-state index contributed by atoms with van der Waals surface area (Å²) in [5.74, 6) is -0.0247. The van der Waals surface area contributed by atoms with Gasteiger partial charge in [-0.05, 0) is 55.8 Å². The SMILES string of the molecule is CCCN(CC(F)F)C(=O)c1cccc(NS(=O)(=O)c2ccc(OCC)cc2)c1. The van der Waals surface area contributed by atoms with Crippen molar-refractivity contribution in [3.63, 3.8) is 0 Å². The van der Waals surface area contributed by atoms with Crippen molar-refractivity contribution in [2.45, 2.75) is 31.6 Å². The van der Waals surface area contributed by atoms with E-state index >= 15 is 0 Å². The lowest BCUT2D eigenvalue weighted by molar-refractivity contribution is 0.0555. The highest BCUT2D eigenvalue weighted by Crippen LogP contribution is 2.21. The van der Waals surface area contributed by atoms with Gasteiger partial charge in [0.2, 0.25) is 0 Å². The Labute approximate surface area is 169 Å². The third-order valence-corrected chi connectivity index (χ3v) is 5.34. The van der Waals surface area contributed by atoms with E-state index in [1.807, 2.05) is 6.92 Å². The summed E-state index contributed by atoms with van der Waals surface area (Å²) in [6.45, 7) is 3.59. The molecule has 1 amide bonds. The fourth-order valence-electron chi connectivity index (χ4n) is 2.71. The van der Waals surface area contributed by atoms with Gasteiger partial charge in [-0.25, -0.2) is 17.2 Å². The molecule has 0 aliphatic carbocycles. The number of hydrogen-bond acceptors (Lipinski definition) is 4. The summed E-state index contributed by atoms with van der Waals surface area (Å²) in [4.78, 5) is 13.6. The lowest BCUT2D eigenvalue weighted by Crippen LogP contribution is -2.35. The molecule has 0 radical (unpaired) electrons. The number of ether oxygens (including phenoxy) is 1. The molecule has 29 heavy (non-hydrogen) atoms. The number of amides is 1. The van der Waals surface area contributed by atoms with E-state index in [1.165, 1.54) is 36.4 Å². The second-order valence-electron chi connectivity index (χ2n) is 6.23. The molecule has 6 nitrogen and oxygen atoms in total. The van der Waals surface area contributed by atoms with Gasteiger partial charge in [-0.1, -0.05) is 13.0 Å². The first-order valence-corrected chi connectivity index (χ1v) is 10.7. The molecule has 0 bridgehead atoms. The highest BCUT2D eigenvalue weighted by molar-refractivity contribution is 7.92. The number of alkyl halides is 2. The maximum absolute atomic E-state index is 12.8. The molecule has 0 atom stereocenters. The summed E-state index contributed by atoms with van der Waals surface area (Å²) in [5, 5.41) is 0. The van der Waals surface area contributed by atoms with Crippen LogP contribution in [0.5, 0.6) is 5.75 Å². The second kappa shape index (κ2) is 10.2. The van der Waals surface area contributed by atoms with Gasteiger partial charge >= 0.3 is 0 Å². The quantitative estimate of drug-likeness (QED) is 0.623. The molecule has 1 N–H and O–H groups in total. The Hall–Kier alpha value is -2.68. The first kappa shape index (κ1) is 22.6. The Morgan fingerprint density at radius 1 is 1.14 bits per heavy atom. The van der Waals surface area contributed by atoms with Crippen LogP contribution in [0.15, 0.2) is 53.4 Å². The van der Waals surface area contributed by atoms with Crippen LogP contribution >= 0.6 is 0 Å². The van der Waals surface area contributed by atoms with E-state index in [0.717, 1.165) is 4.90 Å². The molecule has 158 valence electrons. The highest BCUT2D eigenvalue weighted by Gasteiger charge is 2.20. The number of halogens is 2. The summed E-state index contributed by atoms with van der Waals surface area (Å²) in [5.41, 5.74) is 0.296. The Balaban J connectivity index is 2.20. The fraction of sp³-hybridized carbons (Fsp3) is 0.350. The first-order valence-electron chi connectivity index (χ1n) is 9.20. The number of benzene rings is 2. The number of carbonyl (C=O) groups excluding carboxylic acids is 1.